The van der Waals surface area contributed by atoms with Crippen LogP contribution in [-0.4, -0.2) is 122 Å². The number of allylic oxidation sites excluding steroid dienone is 1. The number of nitrogen functional groups attached to an aromatic ring is 2. The van der Waals surface area contributed by atoms with Gasteiger partial charge in [-0.2, -0.15) is 4.98 Å². The number of aliphatic hydroxyl groups is 1. The Kier molecular flexibility index (Phi) is 14.4. The van der Waals surface area contributed by atoms with Gasteiger partial charge in [0.25, 0.3) is 0 Å². The van der Waals surface area contributed by atoms with E-state index in [1.165, 1.54) is 35.1 Å². The molecule has 2 aliphatic heterocycles. The summed E-state index contributed by atoms with van der Waals surface area (Å²) >= 11 is 6.21. The Morgan fingerprint density at radius 3 is 2.56 bits per heavy atom. The zero-order valence-electron chi connectivity index (χ0n) is 32.1. The van der Waals surface area contributed by atoms with E-state index < -0.39 is 95.4 Å². The summed E-state index contributed by atoms with van der Waals surface area (Å²) < 4.78 is 60.4. The van der Waals surface area contributed by atoms with Gasteiger partial charge in [0.05, 0.1) is 19.5 Å². The van der Waals surface area contributed by atoms with Gasteiger partial charge >= 0.3 is 27.3 Å². The largest absolute Gasteiger partial charge is 0.472 e. The van der Waals surface area contributed by atoms with Crippen LogP contribution in [0, 0.1) is 0 Å². The molecule has 2 fully saturated rings. The first-order chi connectivity index (χ1) is 28.8. The van der Waals surface area contributed by atoms with Crippen molar-refractivity contribution in [2.45, 2.75) is 74.7 Å². The van der Waals surface area contributed by atoms with E-state index in [0.717, 1.165) is 10.9 Å². The normalized spacial score (nSPS) is 24.3. The van der Waals surface area contributed by atoms with Crippen molar-refractivity contribution in [2.75, 3.05) is 31.7 Å². The Bertz CT molecular complexity index is 2400. The topological polar surface area (TPSA) is 338 Å². The lowest BCUT2D eigenvalue weighted by atomic mass is 10.0. The number of ether oxygens (including phenoxy) is 3. The molecule has 2 aliphatic rings. The number of hydrogen-bond acceptors (Lipinski definition) is 18. The van der Waals surface area contributed by atoms with Crippen LogP contribution in [0.4, 0.5) is 11.6 Å². The van der Waals surface area contributed by atoms with E-state index in [2.05, 4.69) is 31.0 Å². The summed E-state index contributed by atoms with van der Waals surface area (Å²) in [6.07, 6.45) is -5.42. The van der Waals surface area contributed by atoms with Gasteiger partial charge in [0.15, 0.2) is 23.8 Å². The van der Waals surface area contributed by atoms with Crippen LogP contribution in [0.25, 0.3) is 11.2 Å². The molecule has 6 rings (SSSR count). The number of aromatic nitrogens is 6. The second-order valence-electron chi connectivity index (χ2n) is 13.8. The number of phosphoric acid groups is 2. The van der Waals surface area contributed by atoms with Crippen LogP contribution in [0.2, 0.25) is 5.02 Å². The van der Waals surface area contributed by atoms with Crippen molar-refractivity contribution in [1.29, 1.82) is 0 Å². The van der Waals surface area contributed by atoms with Gasteiger partial charge < -0.3 is 50.4 Å². The second kappa shape index (κ2) is 19.2. The van der Waals surface area contributed by atoms with Crippen molar-refractivity contribution in [3.05, 3.63) is 82.9 Å². The number of nitrogens with two attached hydrogens (primary N) is 2. The number of esters is 1. The van der Waals surface area contributed by atoms with Gasteiger partial charge in [0, 0.05) is 37.5 Å². The highest BCUT2D eigenvalue weighted by molar-refractivity contribution is 7.47. The number of hydrogen-bond donors (Lipinski definition) is 6. The molecule has 8 N–H and O–H groups in total. The van der Waals surface area contributed by atoms with Crippen LogP contribution in [0.1, 0.15) is 37.3 Å². The highest BCUT2D eigenvalue weighted by atomic mass is 35.5. The minimum absolute atomic E-state index is 0.00523. The Morgan fingerprint density at radius 2 is 1.85 bits per heavy atom. The van der Waals surface area contributed by atoms with E-state index in [1.54, 1.807) is 30.3 Å². The first kappa shape index (κ1) is 45.8. The molecular weight excluding hydrogens is 872 g/mol. The van der Waals surface area contributed by atoms with Gasteiger partial charge in [-0.1, -0.05) is 29.8 Å². The third kappa shape index (κ3) is 11.2. The third-order valence-electron chi connectivity index (χ3n) is 9.66. The van der Waals surface area contributed by atoms with Crippen LogP contribution in [-0.2, 0) is 52.9 Å². The minimum Gasteiger partial charge on any atom is -0.455 e. The fourth-order valence-corrected chi connectivity index (χ4v) is 8.17. The molecule has 330 valence electrons. The van der Waals surface area contributed by atoms with Crippen LogP contribution >= 0.6 is 27.2 Å². The number of amides is 1. The van der Waals surface area contributed by atoms with Gasteiger partial charge in [-0.05, 0) is 30.2 Å². The Hall–Kier alpha value is -4.68. The van der Waals surface area contributed by atoms with E-state index in [-0.39, 0.29) is 42.1 Å². The smallest absolute Gasteiger partial charge is 0.455 e. The quantitative estimate of drug-likeness (QED) is 0.0461. The van der Waals surface area contributed by atoms with Gasteiger partial charge in [0.1, 0.15) is 54.3 Å². The van der Waals surface area contributed by atoms with Gasteiger partial charge in [-0.15, -0.1) is 6.58 Å². The summed E-state index contributed by atoms with van der Waals surface area (Å²) in [7, 11) is -8.90. The van der Waals surface area contributed by atoms with Crippen molar-refractivity contribution in [1.82, 2.24) is 34.0 Å². The number of halogens is 1. The molecule has 1 amide bonds. The lowest BCUT2D eigenvalue weighted by Crippen LogP contribution is -2.48. The zero-order chi connectivity index (χ0) is 44.2. The van der Waals surface area contributed by atoms with E-state index in [1.807, 2.05) is 0 Å². The molecule has 61 heavy (non-hydrogen) atoms. The standard InChI is InChI=1S/C34H42ClN9O15P2/c1-3-4-8-25(45)42(2)20(12-18-6-5-7-19(35)11-18)33(47)58-29-23(57-32(28(29)46)44-17-40-27-30(37)38-16-39-31(27)44)15-55-61(52,53)59-21-13-26(43-10-9-24(36)41-34(43)48)56-22(21)14-54-60(49,50)51/h3,5-7,9-11,16-17,20-23,26,28-29,32,46H,1,4,8,12-15H2,2H3,(H,52,53)(H2,36,41,48)(H2,37,38,39)(H2,49,50,51)/t20?,21-,22+,23-,26+,28+,29+,32?/m0/s1. The maximum Gasteiger partial charge on any atom is 0.472 e. The number of nitrogens with zero attached hydrogens (tertiary/aromatic N) is 7. The molecule has 0 saturated carbocycles. The number of likely N-dealkylation sites (N-methyl/N-ethyl adjacent to an activating group) is 1. The van der Waals surface area contributed by atoms with E-state index in [4.69, 9.17) is 46.3 Å². The van der Waals surface area contributed by atoms with E-state index in [9.17, 15) is 43.3 Å². The average Bonchev–Trinajstić information content (AvgIpc) is 3.89. The zero-order valence-corrected chi connectivity index (χ0v) is 34.6. The molecule has 0 radical (unpaired) electrons. The first-order valence-corrected chi connectivity index (χ1v) is 21.7. The van der Waals surface area contributed by atoms with Crippen LogP contribution in [0.3, 0.4) is 0 Å². The number of carbonyl (C=O) groups is 2. The number of benzene rings is 1. The lowest BCUT2D eigenvalue weighted by molar-refractivity contribution is -0.165. The Labute approximate surface area is 350 Å². The van der Waals surface area contributed by atoms with Crippen molar-refractivity contribution < 1.29 is 66.3 Å². The lowest BCUT2D eigenvalue weighted by Gasteiger charge is -2.30. The number of fused-ring (bicyclic) bond motifs is 1. The highest BCUT2D eigenvalue weighted by Gasteiger charge is 2.50. The maximum absolute atomic E-state index is 14.2. The van der Waals surface area contributed by atoms with Gasteiger partial charge in [0.2, 0.25) is 5.91 Å². The number of aliphatic hydroxyl groups excluding tert-OH is 1. The molecule has 4 aromatic rings. The number of imidazole rings is 1. The van der Waals surface area contributed by atoms with Crippen molar-refractivity contribution in [3.8, 4) is 0 Å². The molecule has 27 heteroatoms. The average molecular weight is 914 g/mol. The van der Waals surface area contributed by atoms with Gasteiger partial charge in [-0.25, -0.2) is 33.7 Å². The summed E-state index contributed by atoms with van der Waals surface area (Å²) in [5, 5.41) is 12.1. The summed E-state index contributed by atoms with van der Waals surface area (Å²) in [5.41, 5.74) is 11.5. The summed E-state index contributed by atoms with van der Waals surface area (Å²) in [4.78, 5) is 86.6. The Balaban J connectivity index is 1.26. The number of rotatable bonds is 18. The molecule has 3 aromatic heterocycles. The molecule has 0 spiro atoms. The highest BCUT2D eigenvalue weighted by Crippen LogP contribution is 2.50. The third-order valence-corrected chi connectivity index (χ3v) is 11.4. The second-order valence-corrected chi connectivity index (χ2v) is 16.9. The summed E-state index contributed by atoms with van der Waals surface area (Å²) in [5.74, 6) is -1.52. The summed E-state index contributed by atoms with van der Waals surface area (Å²) in [6.45, 7) is 1.89. The summed E-state index contributed by atoms with van der Waals surface area (Å²) in [6, 6.07) is 6.58. The fourth-order valence-electron chi connectivity index (χ4n) is 6.66. The molecule has 5 heterocycles. The van der Waals surface area contributed by atoms with Crippen LogP contribution < -0.4 is 17.2 Å². The SMILES string of the molecule is C=CCCC(=O)N(C)C(Cc1cccc(Cl)c1)C(=O)O[C@@H]1[C@H](COP(=O)(O)O[C@H]2C[C@H](n3ccc(N)nc3=O)O[C@@H]2COP(=O)(O)O)OC(n2cnc3c(N)ncnc32)[C@@H]1O. The molecule has 9 atom stereocenters. The molecule has 3 unspecified atom stereocenters. The maximum atomic E-state index is 14.2. The minimum atomic E-state index is -5.23. The molecule has 2 saturated heterocycles. The predicted molar refractivity (Wildman–Crippen MR) is 211 cm³/mol. The molecule has 1 aromatic carbocycles. The van der Waals surface area contributed by atoms with E-state index >= 15 is 0 Å². The molecule has 24 nitrogen and oxygen atoms in total. The van der Waals surface area contributed by atoms with Crippen molar-refractivity contribution >= 4 is 61.9 Å². The number of phosphoric ester groups is 2. The van der Waals surface area contributed by atoms with Gasteiger partial charge in [-0.3, -0.25) is 27.5 Å². The van der Waals surface area contributed by atoms with Crippen molar-refractivity contribution in [2.24, 2.45) is 0 Å². The van der Waals surface area contributed by atoms with Crippen LogP contribution in [0.5, 0.6) is 0 Å². The number of anilines is 2. The van der Waals surface area contributed by atoms with Crippen LogP contribution in [0.15, 0.2) is 66.6 Å². The fraction of sp³-hybridized carbons (Fsp3) is 0.441. The monoisotopic (exact) mass is 913 g/mol. The molecule has 0 bridgehead atoms. The predicted octanol–water partition coefficient (Wildman–Crippen LogP) is 1.01. The molecule has 0 aliphatic carbocycles. The van der Waals surface area contributed by atoms with Crippen molar-refractivity contribution in [3.63, 3.8) is 0 Å². The Morgan fingerprint density at radius 1 is 1.10 bits per heavy atom. The number of carbonyl (C=O) groups excluding carboxylic acids is 2. The van der Waals surface area contributed by atoms with E-state index in [0.29, 0.717) is 17.0 Å². The molecular formula is C34H42ClN9O15P2. The first-order valence-electron chi connectivity index (χ1n) is 18.3.